The minimum atomic E-state index is 0.210. The van der Waals surface area contributed by atoms with E-state index >= 15 is 0 Å². The van der Waals surface area contributed by atoms with Crippen LogP contribution < -0.4 is 4.74 Å². The van der Waals surface area contributed by atoms with Gasteiger partial charge in [-0.3, -0.25) is 4.90 Å². The molecule has 3 heterocycles. The molecule has 118 valence electrons. The van der Waals surface area contributed by atoms with Gasteiger partial charge in [0.15, 0.2) is 0 Å². The summed E-state index contributed by atoms with van der Waals surface area (Å²) in [5, 5.41) is 0. The Labute approximate surface area is 131 Å². The minimum Gasteiger partial charge on any atom is -0.465 e. The molecule has 0 aliphatic carbocycles. The van der Waals surface area contributed by atoms with E-state index in [2.05, 4.69) is 27.9 Å². The van der Waals surface area contributed by atoms with E-state index < -0.39 is 0 Å². The van der Waals surface area contributed by atoms with Crippen molar-refractivity contribution in [2.24, 2.45) is 0 Å². The van der Waals surface area contributed by atoms with Crippen molar-refractivity contribution < 1.29 is 9.15 Å². The number of ether oxygens (including phenoxy) is 1. The van der Waals surface area contributed by atoms with Gasteiger partial charge >= 0.3 is 6.01 Å². The van der Waals surface area contributed by atoms with Crippen LogP contribution in [0.1, 0.15) is 36.8 Å². The van der Waals surface area contributed by atoms with Crippen molar-refractivity contribution in [3.63, 3.8) is 0 Å². The van der Waals surface area contributed by atoms with E-state index in [9.17, 15) is 0 Å². The van der Waals surface area contributed by atoms with E-state index in [-0.39, 0.29) is 6.10 Å². The third-order valence-electron chi connectivity index (χ3n) is 4.07. The minimum absolute atomic E-state index is 0.210. The molecule has 1 aliphatic rings. The van der Waals surface area contributed by atoms with Crippen LogP contribution in [0.4, 0.5) is 0 Å². The number of hydrogen-bond acceptors (Lipinski definition) is 5. The molecule has 0 amide bonds. The van der Waals surface area contributed by atoms with Gasteiger partial charge in [0.25, 0.3) is 0 Å². The maximum atomic E-state index is 5.89. The Morgan fingerprint density at radius 2 is 1.95 bits per heavy atom. The molecule has 22 heavy (non-hydrogen) atoms. The highest BCUT2D eigenvalue weighted by molar-refractivity contribution is 5.07. The van der Waals surface area contributed by atoms with Crippen molar-refractivity contribution >= 4 is 0 Å². The van der Waals surface area contributed by atoms with Crippen molar-refractivity contribution in [3.8, 4) is 6.01 Å². The van der Waals surface area contributed by atoms with Gasteiger partial charge in [0.1, 0.15) is 17.6 Å². The molecule has 0 aromatic carbocycles. The zero-order valence-electron chi connectivity index (χ0n) is 13.3. The molecule has 1 aliphatic heterocycles. The molecular weight excluding hydrogens is 278 g/mol. The first-order chi connectivity index (χ1) is 10.7. The fourth-order valence-corrected chi connectivity index (χ4v) is 2.71. The van der Waals surface area contributed by atoms with Gasteiger partial charge in [0.05, 0.1) is 6.54 Å². The van der Waals surface area contributed by atoms with Crippen molar-refractivity contribution in [2.45, 2.75) is 45.8 Å². The Hall–Kier alpha value is -1.88. The van der Waals surface area contributed by atoms with E-state index in [1.54, 1.807) is 0 Å². The molecule has 1 fully saturated rings. The molecule has 0 saturated carbocycles. The lowest BCUT2D eigenvalue weighted by atomic mass is 10.1. The quantitative estimate of drug-likeness (QED) is 0.850. The standard InChI is InChI=1S/C17H23N3O2/c1-3-14-10-18-17(19-11-14)22-15-6-8-20(9-7-15)12-16-5-4-13(2)21-16/h4-5,10-11,15H,3,6-9,12H2,1-2H3. The van der Waals surface area contributed by atoms with E-state index in [0.717, 1.165) is 56.0 Å². The van der Waals surface area contributed by atoms with Crippen LogP contribution in [0.2, 0.25) is 0 Å². The highest BCUT2D eigenvalue weighted by Crippen LogP contribution is 2.18. The smallest absolute Gasteiger partial charge is 0.316 e. The number of hydrogen-bond donors (Lipinski definition) is 0. The first-order valence-corrected chi connectivity index (χ1v) is 7.98. The van der Waals surface area contributed by atoms with Gasteiger partial charge in [0.2, 0.25) is 0 Å². The summed E-state index contributed by atoms with van der Waals surface area (Å²) in [6.45, 7) is 6.97. The third kappa shape index (κ3) is 3.85. The zero-order valence-corrected chi connectivity index (χ0v) is 13.3. The van der Waals surface area contributed by atoms with E-state index in [0.29, 0.717) is 6.01 Å². The summed E-state index contributed by atoms with van der Waals surface area (Å²) < 4.78 is 11.5. The number of nitrogens with zero attached hydrogens (tertiary/aromatic N) is 3. The Morgan fingerprint density at radius 1 is 1.23 bits per heavy atom. The highest BCUT2D eigenvalue weighted by Gasteiger charge is 2.22. The van der Waals surface area contributed by atoms with Gasteiger partial charge in [-0.2, -0.15) is 0 Å². The average molecular weight is 301 g/mol. The van der Waals surface area contributed by atoms with E-state index in [1.807, 2.05) is 25.4 Å². The Balaban J connectivity index is 1.46. The molecule has 1 saturated heterocycles. The lowest BCUT2D eigenvalue weighted by molar-refractivity contribution is 0.0855. The molecule has 0 spiro atoms. The molecule has 5 heteroatoms. The molecule has 0 N–H and O–H groups in total. The van der Waals surface area contributed by atoms with Gasteiger partial charge in [-0.15, -0.1) is 0 Å². The normalized spacial score (nSPS) is 16.8. The number of aryl methyl sites for hydroxylation is 2. The first kappa shape index (κ1) is 15.0. The maximum Gasteiger partial charge on any atom is 0.316 e. The monoisotopic (exact) mass is 301 g/mol. The van der Waals surface area contributed by atoms with Crippen molar-refractivity contribution in [3.05, 3.63) is 41.6 Å². The van der Waals surface area contributed by atoms with Crippen LogP contribution in [0.15, 0.2) is 28.9 Å². The second-order valence-corrected chi connectivity index (χ2v) is 5.83. The summed E-state index contributed by atoms with van der Waals surface area (Å²) in [5.74, 6) is 2.01. The number of rotatable bonds is 5. The molecule has 0 atom stereocenters. The summed E-state index contributed by atoms with van der Waals surface area (Å²) in [6.07, 6.45) is 6.84. The lowest BCUT2D eigenvalue weighted by Crippen LogP contribution is -2.37. The molecule has 2 aromatic rings. The van der Waals surface area contributed by atoms with Crippen LogP contribution in [-0.4, -0.2) is 34.1 Å². The SMILES string of the molecule is CCc1cnc(OC2CCN(Cc3ccc(C)o3)CC2)nc1. The van der Waals surface area contributed by atoms with Crippen LogP contribution in [0, 0.1) is 6.92 Å². The highest BCUT2D eigenvalue weighted by atomic mass is 16.5. The number of furan rings is 1. The van der Waals surface area contributed by atoms with Crippen LogP contribution in [0.3, 0.4) is 0 Å². The van der Waals surface area contributed by atoms with Crippen molar-refractivity contribution in [1.29, 1.82) is 0 Å². The Morgan fingerprint density at radius 3 is 2.55 bits per heavy atom. The first-order valence-electron chi connectivity index (χ1n) is 7.98. The molecular formula is C17H23N3O2. The van der Waals surface area contributed by atoms with Gasteiger partial charge in [0, 0.05) is 25.5 Å². The Kier molecular flexibility index (Phi) is 4.73. The molecule has 0 bridgehead atoms. The van der Waals surface area contributed by atoms with Crippen LogP contribution >= 0.6 is 0 Å². The van der Waals surface area contributed by atoms with Crippen molar-refractivity contribution in [2.75, 3.05) is 13.1 Å². The van der Waals surface area contributed by atoms with Gasteiger partial charge in [-0.1, -0.05) is 6.92 Å². The summed E-state index contributed by atoms with van der Waals surface area (Å²) in [4.78, 5) is 10.9. The summed E-state index contributed by atoms with van der Waals surface area (Å²) >= 11 is 0. The summed E-state index contributed by atoms with van der Waals surface area (Å²) in [5.41, 5.74) is 1.14. The maximum absolute atomic E-state index is 5.89. The van der Waals surface area contributed by atoms with Crippen LogP contribution in [0.5, 0.6) is 6.01 Å². The second kappa shape index (κ2) is 6.92. The molecule has 2 aromatic heterocycles. The van der Waals surface area contributed by atoms with Crippen molar-refractivity contribution in [1.82, 2.24) is 14.9 Å². The fraction of sp³-hybridized carbons (Fsp3) is 0.529. The summed E-state index contributed by atoms with van der Waals surface area (Å²) in [6, 6.07) is 4.57. The topological polar surface area (TPSA) is 51.4 Å². The zero-order chi connectivity index (χ0) is 15.4. The van der Waals surface area contributed by atoms with Gasteiger partial charge in [-0.05, 0) is 43.9 Å². The second-order valence-electron chi connectivity index (χ2n) is 5.83. The number of aromatic nitrogens is 2. The number of likely N-dealkylation sites (tertiary alicyclic amines) is 1. The van der Waals surface area contributed by atoms with Gasteiger partial charge in [-0.25, -0.2) is 9.97 Å². The largest absolute Gasteiger partial charge is 0.465 e. The lowest BCUT2D eigenvalue weighted by Gasteiger charge is -2.30. The molecule has 0 radical (unpaired) electrons. The molecule has 0 unspecified atom stereocenters. The average Bonchev–Trinajstić information content (AvgIpc) is 2.95. The van der Waals surface area contributed by atoms with Crippen LogP contribution in [0.25, 0.3) is 0 Å². The van der Waals surface area contributed by atoms with Gasteiger partial charge < -0.3 is 9.15 Å². The van der Waals surface area contributed by atoms with E-state index in [4.69, 9.17) is 9.15 Å². The molecule has 5 nitrogen and oxygen atoms in total. The number of piperidine rings is 1. The molecule has 3 rings (SSSR count). The van der Waals surface area contributed by atoms with E-state index in [1.165, 1.54) is 0 Å². The summed E-state index contributed by atoms with van der Waals surface area (Å²) in [7, 11) is 0. The fourth-order valence-electron chi connectivity index (χ4n) is 2.71. The Bertz CT molecular complexity index is 586. The third-order valence-corrected chi connectivity index (χ3v) is 4.07. The van der Waals surface area contributed by atoms with Crippen LogP contribution in [-0.2, 0) is 13.0 Å². The predicted octanol–water partition coefficient (Wildman–Crippen LogP) is 2.98. The predicted molar refractivity (Wildman–Crippen MR) is 83.8 cm³/mol.